The Kier molecular flexibility index (Phi) is 4.95. The first kappa shape index (κ1) is 14.3. The van der Waals surface area contributed by atoms with E-state index in [0.29, 0.717) is 10.6 Å². The Morgan fingerprint density at radius 1 is 1.11 bits per heavy atom. The van der Waals surface area contributed by atoms with Crippen LogP contribution in [0.25, 0.3) is 5.57 Å². The van der Waals surface area contributed by atoms with E-state index in [1.165, 1.54) is 24.3 Å². The van der Waals surface area contributed by atoms with Crippen molar-refractivity contribution in [2.24, 2.45) is 0 Å². The van der Waals surface area contributed by atoms with Gasteiger partial charge in [0.15, 0.2) is 0 Å². The molecule has 0 radical (unpaired) electrons. The van der Waals surface area contributed by atoms with E-state index in [4.69, 9.17) is 33.4 Å². The number of halogens is 2. The highest BCUT2D eigenvalue weighted by Gasteiger charge is 2.10. The average Bonchev–Trinajstić information content (AvgIpc) is 2.27. The Labute approximate surface area is 113 Å². The lowest BCUT2D eigenvalue weighted by Crippen LogP contribution is -1.99. The van der Waals surface area contributed by atoms with Gasteiger partial charge in [-0.05, 0) is 23.8 Å². The van der Waals surface area contributed by atoms with Gasteiger partial charge in [0.05, 0.1) is 15.6 Å². The fourth-order valence-corrected chi connectivity index (χ4v) is 1.48. The van der Waals surface area contributed by atoms with Gasteiger partial charge < -0.3 is 10.2 Å². The Bertz CT molecular complexity index is 547. The molecule has 0 aromatic heterocycles. The summed E-state index contributed by atoms with van der Waals surface area (Å²) in [5.41, 5.74) is 0.262. The van der Waals surface area contributed by atoms with Gasteiger partial charge in [-0.15, -0.1) is 0 Å². The van der Waals surface area contributed by atoms with Gasteiger partial charge in [0, 0.05) is 6.08 Å². The van der Waals surface area contributed by atoms with Crippen LogP contribution in [0.2, 0.25) is 10.0 Å². The number of benzene rings is 1. The van der Waals surface area contributed by atoms with E-state index in [0.717, 1.165) is 12.2 Å². The molecule has 1 aromatic carbocycles. The molecule has 0 saturated heterocycles. The fourth-order valence-electron chi connectivity index (χ4n) is 1.18. The number of carboxylic acid groups (broad SMARTS) is 2. The van der Waals surface area contributed by atoms with Crippen molar-refractivity contribution < 1.29 is 19.8 Å². The molecule has 0 heterocycles. The lowest BCUT2D eigenvalue weighted by atomic mass is 10.1. The molecule has 6 heteroatoms. The quantitative estimate of drug-likeness (QED) is 0.659. The van der Waals surface area contributed by atoms with Gasteiger partial charge >= 0.3 is 11.9 Å². The highest BCUT2D eigenvalue weighted by atomic mass is 35.5. The van der Waals surface area contributed by atoms with Crippen molar-refractivity contribution in [3.8, 4) is 0 Å². The minimum absolute atomic E-state index is 0.0777. The average molecular weight is 287 g/mol. The Hall–Kier alpha value is -1.78. The molecule has 2 N–H and O–H groups in total. The smallest absolute Gasteiger partial charge is 0.336 e. The Morgan fingerprint density at radius 3 is 2.28 bits per heavy atom. The molecule has 0 unspecified atom stereocenters. The van der Waals surface area contributed by atoms with Crippen LogP contribution in [0, 0.1) is 0 Å². The molecule has 0 bridgehead atoms. The predicted octanol–water partition coefficient (Wildman–Crippen LogP) is 3.10. The lowest BCUT2D eigenvalue weighted by molar-refractivity contribution is -0.132. The monoisotopic (exact) mass is 286 g/mol. The van der Waals surface area contributed by atoms with Crippen molar-refractivity contribution >= 4 is 40.7 Å². The summed E-state index contributed by atoms with van der Waals surface area (Å²) >= 11 is 11.5. The summed E-state index contributed by atoms with van der Waals surface area (Å²) in [6.07, 6.45) is 3.14. The molecule has 0 spiro atoms. The Morgan fingerprint density at radius 2 is 1.78 bits per heavy atom. The molecule has 0 aliphatic carbocycles. The third-order valence-corrected chi connectivity index (χ3v) is 2.70. The SMILES string of the molecule is O=C(O)/C=C/C=C(/C(=O)O)c1ccc(Cl)c(Cl)c1. The van der Waals surface area contributed by atoms with Crippen LogP contribution in [0.3, 0.4) is 0 Å². The summed E-state index contributed by atoms with van der Waals surface area (Å²) in [6.45, 7) is 0. The van der Waals surface area contributed by atoms with E-state index < -0.39 is 11.9 Å². The molecule has 0 aliphatic rings. The maximum atomic E-state index is 11.0. The van der Waals surface area contributed by atoms with E-state index in [1.807, 2.05) is 0 Å². The number of carbonyl (C=O) groups is 2. The second-order valence-electron chi connectivity index (χ2n) is 3.21. The summed E-state index contributed by atoms with van der Waals surface area (Å²) < 4.78 is 0. The van der Waals surface area contributed by atoms with E-state index in [9.17, 15) is 9.59 Å². The van der Waals surface area contributed by atoms with Crippen LogP contribution in [0.4, 0.5) is 0 Å². The summed E-state index contributed by atoms with van der Waals surface area (Å²) in [6, 6.07) is 4.36. The van der Waals surface area contributed by atoms with Crippen LogP contribution in [0.5, 0.6) is 0 Å². The van der Waals surface area contributed by atoms with Crippen molar-refractivity contribution in [1.29, 1.82) is 0 Å². The van der Waals surface area contributed by atoms with E-state index in [-0.39, 0.29) is 10.6 Å². The molecule has 1 rings (SSSR count). The number of rotatable bonds is 4. The van der Waals surface area contributed by atoms with Gasteiger partial charge in [0.25, 0.3) is 0 Å². The van der Waals surface area contributed by atoms with Crippen molar-refractivity contribution in [2.75, 3.05) is 0 Å². The normalized spacial score (nSPS) is 11.8. The van der Waals surface area contributed by atoms with E-state index >= 15 is 0 Å². The lowest BCUT2D eigenvalue weighted by Gasteiger charge is -2.03. The molecular weight excluding hydrogens is 279 g/mol. The zero-order valence-corrected chi connectivity index (χ0v) is 10.4. The number of hydrogen-bond acceptors (Lipinski definition) is 2. The van der Waals surface area contributed by atoms with Crippen molar-refractivity contribution in [3.63, 3.8) is 0 Å². The minimum Gasteiger partial charge on any atom is -0.478 e. The molecule has 1 aromatic rings. The van der Waals surface area contributed by atoms with Crippen LogP contribution >= 0.6 is 23.2 Å². The van der Waals surface area contributed by atoms with Crippen LogP contribution in [-0.2, 0) is 9.59 Å². The second kappa shape index (κ2) is 6.23. The van der Waals surface area contributed by atoms with Crippen LogP contribution in [0.1, 0.15) is 5.56 Å². The summed E-state index contributed by atoms with van der Waals surface area (Å²) in [7, 11) is 0. The zero-order valence-electron chi connectivity index (χ0n) is 8.93. The van der Waals surface area contributed by atoms with Gasteiger partial charge in [-0.1, -0.05) is 35.3 Å². The van der Waals surface area contributed by atoms with Gasteiger partial charge in [-0.2, -0.15) is 0 Å². The number of carboxylic acids is 2. The van der Waals surface area contributed by atoms with Crippen molar-refractivity contribution in [3.05, 3.63) is 52.0 Å². The molecule has 0 amide bonds. The maximum Gasteiger partial charge on any atom is 0.336 e. The number of allylic oxidation sites excluding steroid dienone is 2. The minimum atomic E-state index is -1.19. The molecule has 18 heavy (non-hydrogen) atoms. The maximum absolute atomic E-state index is 11.0. The van der Waals surface area contributed by atoms with Gasteiger partial charge in [0.1, 0.15) is 0 Å². The molecule has 0 aliphatic heterocycles. The van der Waals surface area contributed by atoms with Crippen LogP contribution in [0.15, 0.2) is 36.4 Å². The number of hydrogen-bond donors (Lipinski definition) is 2. The third kappa shape index (κ3) is 3.91. The van der Waals surface area contributed by atoms with E-state index in [2.05, 4.69) is 0 Å². The molecule has 0 atom stereocenters. The van der Waals surface area contributed by atoms with Crippen LogP contribution in [-0.4, -0.2) is 22.2 Å². The van der Waals surface area contributed by atoms with Gasteiger partial charge in [-0.3, -0.25) is 0 Å². The largest absolute Gasteiger partial charge is 0.478 e. The standard InChI is InChI=1S/C12H8Cl2O4/c13-9-5-4-7(6-10(9)14)8(12(17)18)2-1-3-11(15)16/h1-6H,(H,15,16)(H,17,18)/b3-1+,8-2+. The first-order chi connectivity index (χ1) is 8.41. The molecular formula is C12H8Cl2O4. The van der Waals surface area contributed by atoms with Gasteiger partial charge in [-0.25, -0.2) is 9.59 Å². The first-order valence-electron chi connectivity index (χ1n) is 4.72. The third-order valence-electron chi connectivity index (χ3n) is 1.96. The first-order valence-corrected chi connectivity index (χ1v) is 5.47. The highest BCUT2D eigenvalue weighted by molar-refractivity contribution is 6.42. The van der Waals surface area contributed by atoms with Crippen LogP contribution < -0.4 is 0 Å². The molecule has 94 valence electrons. The summed E-state index contributed by atoms with van der Waals surface area (Å²) in [4.78, 5) is 21.3. The fraction of sp³-hybridized carbons (Fsp3) is 0. The Balaban J connectivity index is 3.16. The molecule has 0 saturated carbocycles. The highest BCUT2D eigenvalue weighted by Crippen LogP contribution is 2.26. The van der Waals surface area contributed by atoms with Gasteiger partial charge in [0.2, 0.25) is 0 Å². The topological polar surface area (TPSA) is 74.6 Å². The van der Waals surface area contributed by atoms with Crippen molar-refractivity contribution in [1.82, 2.24) is 0 Å². The summed E-state index contributed by atoms with van der Waals surface area (Å²) in [5.74, 6) is -2.35. The number of aliphatic carboxylic acids is 2. The second-order valence-corrected chi connectivity index (χ2v) is 4.03. The zero-order chi connectivity index (χ0) is 13.7. The molecule has 0 fully saturated rings. The van der Waals surface area contributed by atoms with Crippen molar-refractivity contribution in [2.45, 2.75) is 0 Å². The van der Waals surface area contributed by atoms with E-state index in [1.54, 1.807) is 0 Å². The predicted molar refractivity (Wildman–Crippen MR) is 68.9 cm³/mol. The summed E-state index contributed by atoms with van der Waals surface area (Å²) in [5, 5.41) is 18.0. The molecule has 4 nitrogen and oxygen atoms in total.